The molecule has 0 aliphatic heterocycles. The van der Waals surface area contributed by atoms with Gasteiger partial charge in [0.1, 0.15) is 5.75 Å². The lowest BCUT2D eigenvalue weighted by atomic mass is 10.0. The van der Waals surface area contributed by atoms with Gasteiger partial charge in [0.15, 0.2) is 0 Å². The van der Waals surface area contributed by atoms with Crippen molar-refractivity contribution < 1.29 is 22.7 Å². The predicted molar refractivity (Wildman–Crippen MR) is 109 cm³/mol. The Morgan fingerprint density at radius 3 is 2.45 bits per heavy atom. The van der Waals surface area contributed by atoms with E-state index in [-0.39, 0.29) is 17.6 Å². The van der Waals surface area contributed by atoms with Crippen LogP contribution < -0.4 is 10.1 Å². The molecule has 0 fully saturated rings. The molecule has 3 rings (SSSR count). The number of halogens is 3. The number of alkyl halides is 3. The molecule has 31 heavy (non-hydrogen) atoms. The Morgan fingerprint density at radius 1 is 1.13 bits per heavy atom. The van der Waals surface area contributed by atoms with Gasteiger partial charge in [-0.15, -0.1) is 18.3 Å². The first kappa shape index (κ1) is 22.6. The first-order valence-electron chi connectivity index (χ1n) is 9.37. The van der Waals surface area contributed by atoms with Crippen LogP contribution in [0.25, 0.3) is 5.69 Å². The van der Waals surface area contributed by atoms with Crippen LogP contribution in [0.5, 0.6) is 5.75 Å². The quantitative estimate of drug-likeness (QED) is 0.522. The number of tetrazole rings is 1. The summed E-state index contributed by atoms with van der Waals surface area (Å²) in [6.07, 6.45) is -4.77. The van der Waals surface area contributed by atoms with E-state index in [2.05, 4.69) is 25.6 Å². The van der Waals surface area contributed by atoms with Gasteiger partial charge in [0.25, 0.3) is 0 Å². The molecule has 0 saturated carbocycles. The predicted octanol–water partition coefficient (Wildman–Crippen LogP) is 3.96. The van der Waals surface area contributed by atoms with E-state index in [4.69, 9.17) is 0 Å². The van der Waals surface area contributed by atoms with Crippen molar-refractivity contribution in [2.75, 3.05) is 6.54 Å². The van der Waals surface area contributed by atoms with Crippen LogP contribution in [-0.2, 0) is 4.79 Å². The molecule has 1 N–H and O–H groups in total. The topological polar surface area (TPSA) is 81.9 Å². The molecule has 2 aromatic carbocycles. The fraction of sp³-hybridized carbons (Fsp3) is 0.300. The van der Waals surface area contributed by atoms with E-state index in [1.54, 1.807) is 6.92 Å². The number of hydrogen-bond donors (Lipinski definition) is 1. The summed E-state index contributed by atoms with van der Waals surface area (Å²) in [4.78, 5) is 12.5. The molecule has 0 aliphatic carbocycles. The minimum absolute atomic E-state index is 0.158. The van der Waals surface area contributed by atoms with Crippen molar-refractivity contribution in [3.8, 4) is 11.4 Å². The van der Waals surface area contributed by atoms with Crippen molar-refractivity contribution in [3.05, 3.63) is 60.2 Å². The number of nitrogens with one attached hydrogen (secondary N) is 1. The monoisotopic (exact) mass is 451 g/mol. The van der Waals surface area contributed by atoms with Gasteiger partial charge in [-0.05, 0) is 53.1 Å². The lowest BCUT2D eigenvalue weighted by Gasteiger charge is -2.16. The molecule has 0 saturated heterocycles. The van der Waals surface area contributed by atoms with Crippen LogP contribution in [0.1, 0.15) is 25.3 Å². The van der Waals surface area contributed by atoms with Gasteiger partial charge in [0.2, 0.25) is 11.1 Å². The second-order valence-corrected chi connectivity index (χ2v) is 8.04. The number of carbonyl (C=O) groups excluding carboxylic acids is 1. The molecule has 1 aromatic heterocycles. The number of amides is 1. The van der Waals surface area contributed by atoms with Crippen molar-refractivity contribution in [3.63, 3.8) is 0 Å². The van der Waals surface area contributed by atoms with E-state index in [0.717, 1.165) is 17.3 Å². The molecular formula is C20H20F3N5O2S. The molecule has 0 spiro atoms. The van der Waals surface area contributed by atoms with Crippen molar-refractivity contribution in [1.82, 2.24) is 25.5 Å². The molecule has 0 aliphatic rings. The zero-order chi connectivity index (χ0) is 22.4. The zero-order valence-corrected chi connectivity index (χ0v) is 17.5. The molecular weight excluding hydrogens is 431 g/mol. The van der Waals surface area contributed by atoms with Crippen LogP contribution in [0.4, 0.5) is 13.2 Å². The Balaban J connectivity index is 1.59. The Hall–Kier alpha value is -3.08. The van der Waals surface area contributed by atoms with Gasteiger partial charge in [-0.25, -0.2) is 0 Å². The fourth-order valence-corrected chi connectivity index (χ4v) is 3.54. The van der Waals surface area contributed by atoms with Crippen molar-refractivity contribution >= 4 is 17.7 Å². The highest BCUT2D eigenvalue weighted by Gasteiger charge is 2.31. The second-order valence-electron chi connectivity index (χ2n) is 6.73. The molecule has 11 heteroatoms. The Morgan fingerprint density at radius 2 is 1.81 bits per heavy atom. The Kier molecular flexibility index (Phi) is 7.16. The fourth-order valence-electron chi connectivity index (χ4n) is 2.71. The first-order valence-corrected chi connectivity index (χ1v) is 10.2. The third-order valence-corrected chi connectivity index (χ3v) is 5.39. The number of nitrogens with zero attached hydrogens (tertiary/aromatic N) is 4. The summed E-state index contributed by atoms with van der Waals surface area (Å²) >= 11 is 1.15. The lowest BCUT2D eigenvalue weighted by molar-refractivity contribution is -0.274. The molecule has 3 aromatic rings. The van der Waals surface area contributed by atoms with Crippen LogP contribution in [0.15, 0.2) is 59.8 Å². The Bertz CT molecular complexity index is 996. The molecule has 0 radical (unpaired) electrons. The number of ether oxygens (including phenoxy) is 1. The van der Waals surface area contributed by atoms with Crippen LogP contribution >= 0.6 is 11.8 Å². The molecule has 7 nitrogen and oxygen atoms in total. The van der Waals surface area contributed by atoms with Crippen molar-refractivity contribution in [1.29, 1.82) is 0 Å². The standard InChI is InChI=1S/C20H20F3N5O2S/c1-13(15-6-4-3-5-7-15)12-24-18(29)14(2)31-19-25-26-27-28(19)16-8-10-17(11-9-16)30-20(21,22)23/h3-11,13-14H,12H2,1-2H3,(H,24,29). The smallest absolute Gasteiger partial charge is 0.406 e. The maximum Gasteiger partial charge on any atom is 0.573 e. The van der Waals surface area contributed by atoms with Gasteiger partial charge < -0.3 is 10.1 Å². The van der Waals surface area contributed by atoms with Crippen molar-refractivity contribution in [2.24, 2.45) is 0 Å². The van der Waals surface area contributed by atoms with E-state index in [9.17, 15) is 18.0 Å². The van der Waals surface area contributed by atoms with E-state index in [1.165, 1.54) is 28.9 Å². The maximum absolute atomic E-state index is 12.5. The summed E-state index contributed by atoms with van der Waals surface area (Å²) in [7, 11) is 0. The lowest BCUT2D eigenvalue weighted by Crippen LogP contribution is -2.33. The molecule has 2 unspecified atom stereocenters. The molecule has 164 valence electrons. The van der Waals surface area contributed by atoms with E-state index in [1.807, 2.05) is 37.3 Å². The van der Waals surface area contributed by atoms with E-state index < -0.39 is 11.6 Å². The van der Waals surface area contributed by atoms with Gasteiger partial charge in [0, 0.05) is 6.54 Å². The molecule has 0 bridgehead atoms. The molecule has 1 heterocycles. The van der Waals surface area contributed by atoms with Crippen LogP contribution in [-0.4, -0.2) is 44.3 Å². The summed E-state index contributed by atoms with van der Waals surface area (Å²) in [5.41, 5.74) is 1.57. The summed E-state index contributed by atoms with van der Waals surface area (Å²) in [5, 5.41) is 14.1. The van der Waals surface area contributed by atoms with Crippen molar-refractivity contribution in [2.45, 2.75) is 36.5 Å². The van der Waals surface area contributed by atoms with Gasteiger partial charge in [-0.2, -0.15) is 4.68 Å². The summed E-state index contributed by atoms with van der Waals surface area (Å²) in [6, 6.07) is 15.0. The summed E-state index contributed by atoms with van der Waals surface area (Å²) in [6.45, 7) is 4.24. The zero-order valence-electron chi connectivity index (χ0n) is 16.7. The van der Waals surface area contributed by atoms with Crippen LogP contribution in [0.2, 0.25) is 0 Å². The molecule has 1 amide bonds. The van der Waals surface area contributed by atoms with Gasteiger partial charge in [-0.1, -0.05) is 49.0 Å². The normalized spacial score (nSPS) is 13.5. The number of thioether (sulfide) groups is 1. The number of hydrogen-bond acceptors (Lipinski definition) is 6. The van der Waals surface area contributed by atoms with Gasteiger partial charge in [0.05, 0.1) is 10.9 Å². The number of aromatic nitrogens is 4. The highest BCUT2D eigenvalue weighted by molar-refractivity contribution is 8.00. The molecule has 2 atom stereocenters. The summed E-state index contributed by atoms with van der Waals surface area (Å²) < 4.78 is 42.1. The average molecular weight is 451 g/mol. The van der Waals surface area contributed by atoms with Gasteiger partial charge >= 0.3 is 6.36 Å². The largest absolute Gasteiger partial charge is 0.573 e. The highest BCUT2D eigenvalue weighted by atomic mass is 32.2. The number of rotatable bonds is 8. The number of carbonyl (C=O) groups is 1. The maximum atomic E-state index is 12.5. The number of benzene rings is 2. The third kappa shape index (κ3) is 6.45. The minimum atomic E-state index is -4.77. The van der Waals surface area contributed by atoms with Crippen LogP contribution in [0.3, 0.4) is 0 Å². The van der Waals surface area contributed by atoms with Gasteiger partial charge in [-0.3, -0.25) is 4.79 Å². The highest BCUT2D eigenvalue weighted by Crippen LogP contribution is 2.26. The minimum Gasteiger partial charge on any atom is -0.406 e. The summed E-state index contributed by atoms with van der Waals surface area (Å²) in [5.74, 6) is -0.361. The van der Waals surface area contributed by atoms with E-state index in [0.29, 0.717) is 17.4 Å². The SMILES string of the molecule is CC(Sc1nnnn1-c1ccc(OC(F)(F)F)cc1)C(=O)NCC(C)c1ccccc1. The third-order valence-electron chi connectivity index (χ3n) is 4.36. The Labute approximate surface area is 181 Å². The second kappa shape index (κ2) is 9.82. The van der Waals surface area contributed by atoms with E-state index >= 15 is 0 Å². The first-order chi connectivity index (χ1) is 14.7. The van der Waals surface area contributed by atoms with Crippen LogP contribution in [0, 0.1) is 0 Å². The average Bonchev–Trinajstić information content (AvgIpc) is 3.19.